The number of benzene rings is 1. The van der Waals surface area contributed by atoms with E-state index in [4.69, 9.17) is 13.7 Å². The van der Waals surface area contributed by atoms with Crippen molar-refractivity contribution in [1.29, 1.82) is 0 Å². The van der Waals surface area contributed by atoms with Gasteiger partial charge in [-0.1, -0.05) is 5.16 Å². The smallest absolute Gasteiger partial charge is 0.277 e. The Labute approximate surface area is 182 Å². The van der Waals surface area contributed by atoms with Gasteiger partial charge in [0.05, 0.1) is 6.26 Å². The molecule has 0 aliphatic carbocycles. The van der Waals surface area contributed by atoms with E-state index in [1.165, 1.54) is 12.3 Å². The van der Waals surface area contributed by atoms with Crippen LogP contribution < -0.4 is 10.1 Å². The largest absolute Gasteiger partial charge is 0.461 e. The summed E-state index contributed by atoms with van der Waals surface area (Å²) in [7, 11) is 0. The molecule has 1 N–H and O–H groups in total. The molecule has 0 aliphatic heterocycles. The number of nitrogens with zero attached hydrogens (tertiary/aromatic N) is 4. The lowest BCUT2D eigenvalue weighted by atomic mass is 10.2. The third-order valence-electron chi connectivity index (χ3n) is 4.51. The van der Waals surface area contributed by atoms with Crippen molar-refractivity contribution >= 4 is 11.6 Å². The molecule has 32 heavy (non-hydrogen) atoms. The van der Waals surface area contributed by atoms with E-state index in [9.17, 15) is 4.79 Å². The van der Waals surface area contributed by atoms with E-state index in [0.717, 1.165) is 0 Å². The predicted octanol–water partition coefficient (Wildman–Crippen LogP) is 4.87. The molecule has 0 radical (unpaired) electrons. The number of hydrogen-bond donors (Lipinski definition) is 1. The Morgan fingerprint density at radius 3 is 2.56 bits per heavy atom. The van der Waals surface area contributed by atoms with Gasteiger partial charge in [-0.15, -0.1) is 0 Å². The molecule has 0 unspecified atom stereocenters. The van der Waals surface area contributed by atoms with Gasteiger partial charge in [0.1, 0.15) is 17.4 Å². The Morgan fingerprint density at radius 2 is 1.81 bits per heavy atom. The highest BCUT2D eigenvalue weighted by atomic mass is 16.5. The number of hydrogen-bond acceptors (Lipinski definition) is 7. The molecule has 0 saturated heterocycles. The Kier molecular flexibility index (Phi) is 4.97. The first-order valence-electron chi connectivity index (χ1n) is 9.73. The minimum atomic E-state index is -0.400. The summed E-state index contributed by atoms with van der Waals surface area (Å²) in [5, 5.41) is 6.56. The highest BCUT2D eigenvalue weighted by molar-refractivity contribution is 6.03. The average Bonchev–Trinajstić information content (AvgIpc) is 3.57. The van der Waals surface area contributed by atoms with E-state index in [1.807, 2.05) is 29.1 Å². The van der Waals surface area contributed by atoms with E-state index >= 15 is 0 Å². The molecule has 0 spiro atoms. The van der Waals surface area contributed by atoms with Crippen LogP contribution in [0.25, 0.3) is 17.3 Å². The Bertz CT molecular complexity index is 1340. The van der Waals surface area contributed by atoms with Gasteiger partial charge in [0.25, 0.3) is 5.91 Å². The van der Waals surface area contributed by atoms with Gasteiger partial charge in [-0.05, 0) is 55.5 Å². The van der Waals surface area contributed by atoms with Crippen LogP contribution in [0.3, 0.4) is 0 Å². The standard InChI is InChI=1S/C23H17N5O4/c1-15-24-21(28-10-2-3-11-28)14-22(25-15)31-17-8-6-16(7-9-17)26-23(29)18-13-20(32-27-18)19-5-4-12-30-19/h2-14H,1H3,(H,26,29). The molecule has 5 aromatic rings. The first-order valence-corrected chi connectivity index (χ1v) is 9.73. The Hall–Kier alpha value is -4.66. The summed E-state index contributed by atoms with van der Waals surface area (Å²) >= 11 is 0. The summed E-state index contributed by atoms with van der Waals surface area (Å²) in [6.07, 6.45) is 5.32. The molecular formula is C23H17N5O4. The average molecular weight is 427 g/mol. The fourth-order valence-corrected chi connectivity index (χ4v) is 3.04. The molecule has 9 heteroatoms. The Balaban J connectivity index is 1.26. The summed E-state index contributed by atoms with van der Waals surface area (Å²) in [4.78, 5) is 21.2. The predicted molar refractivity (Wildman–Crippen MR) is 115 cm³/mol. The lowest BCUT2D eigenvalue weighted by Crippen LogP contribution is -2.12. The highest BCUT2D eigenvalue weighted by Crippen LogP contribution is 2.24. The molecule has 4 aromatic heterocycles. The van der Waals surface area contributed by atoms with E-state index < -0.39 is 5.91 Å². The topological polar surface area (TPSA) is 108 Å². The number of carbonyl (C=O) groups is 1. The monoisotopic (exact) mass is 427 g/mol. The van der Waals surface area contributed by atoms with Crippen LogP contribution in [0.15, 0.2) is 88.3 Å². The normalized spacial score (nSPS) is 10.8. The zero-order chi connectivity index (χ0) is 21.9. The van der Waals surface area contributed by atoms with Gasteiger partial charge in [0.2, 0.25) is 11.6 Å². The van der Waals surface area contributed by atoms with E-state index in [-0.39, 0.29) is 5.69 Å². The van der Waals surface area contributed by atoms with Gasteiger partial charge in [-0.25, -0.2) is 4.98 Å². The molecule has 1 aromatic carbocycles. The van der Waals surface area contributed by atoms with Crippen molar-refractivity contribution < 1.29 is 18.5 Å². The maximum absolute atomic E-state index is 12.4. The molecule has 0 fully saturated rings. The summed E-state index contributed by atoms with van der Waals surface area (Å²) < 4.78 is 18.1. The molecule has 9 nitrogen and oxygen atoms in total. The van der Waals surface area contributed by atoms with Gasteiger partial charge < -0.3 is 23.6 Å². The quantitative estimate of drug-likeness (QED) is 0.412. The second kappa shape index (κ2) is 8.23. The maximum atomic E-state index is 12.4. The molecule has 4 heterocycles. The summed E-state index contributed by atoms with van der Waals surface area (Å²) in [5.41, 5.74) is 0.725. The fraction of sp³-hybridized carbons (Fsp3) is 0.0435. The summed E-state index contributed by atoms with van der Waals surface area (Å²) in [6.45, 7) is 1.81. The molecule has 0 bridgehead atoms. The van der Waals surface area contributed by atoms with Crippen LogP contribution in [0.1, 0.15) is 16.3 Å². The van der Waals surface area contributed by atoms with Crippen molar-refractivity contribution in [2.24, 2.45) is 0 Å². The van der Waals surface area contributed by atoms with E-state index in [1.54, 1.807) is 49.4 Å². The lowest BCUT2D eigenvalue weighted by Gasteiger charge is -2.09. The second-order valence-electron chi connectivity index (χ2n) is 6.84. The van der Waals surface area contributed by atoms with Crippen molar-refractivity contribution in [3.05, 3.63) is 90.8 Å². The van der Waals surface area contributed by atoms with Crippen LogP contribution in [0.5, 0.6) is 11.6 Å². The van der Waals surface area contributed by atoms with Crippen LogP contribution in [0.4, 0.5) is 5.69 Å². The third-order valence-corrected chi connectivity index (χ3v) is 4.51. The van der Waals surface area contributed by atoms with Crippen molar-refractivity contribution in [2.45, 2.75) is 6.92 Å². The maximum Gasteiger partial charge on any atom is 0.277 e. The van der Waals surface area contributed by atoms with Crippen molar-refractivity contribution in [1.82, 2.24) is 19.7 Å². The first kappa shape index (κ1) is 19.3. The van der Waals surface area contributed by atoms with Crippen LogP contribution >= 0.6 is 0 Å². The third kappa shape index (κ3) is 4.12. The van der Waals surface area contributed by atoms with E-state index in [0.29, 0.717) is 40.5 Å². The number of ether oxygens (including phenoxy) is 1. The molecule has 1 amide bonds. The van der Waals surface area contributed by atoms with Crippen molar-refractivity contribution in [2.75, 3.05) is 5.32 Å². The minimum absolute atomic E-state index is 0.144. The van der Waals surface area contributed by atoms with Crippen LogP contribution in [0, 0.1) is 6.92 Å². The summed E-state index contributed by atoms with van der Waals surface area (Å²) in [6, 6.07) is 17.5. The molecule has 0 aliphatic rings. The second-order valence-corrected chi connectivity index (χ2v) is 6.84. The molecular weight excluding hydrogens is 410 g/mol. The van der Waals surface area contributed by atoms with Gasteiger partial charge in [-0.2, -0.15) is 4.98 Å². The number of carbonyl (C=O) groups excluding carboxylic acids is 1. The first-order chi connectivity index (χ1) is 15.6. The molecule has 0 atom stereocenters. The summed E-state index contributed by atoms with van der Waals surface area (Å²) in [5.74, 6) is 2.77. The van der Waals surface area contributed by atoms with Crippen molar-refractivity contribution in [3.8, 4) is 29.0 Å². The molecule has 0 saturated carbocycles. The number of anilines is 1. The number of aromatic nitrogens is 4. The van der Waals surface area contributed by atoms with E-state index in [2.05, 4.69) is 20.4 Å². The highest BCUT2D eigenvalue weighted by Gasteiger charge is 2.15. The van der Waals surface area contributed by atoms with Gasteiger partial charge in [0, 0.05) is 30.2 Å². The van der Waals surface area contributed by atoms with Crippen LogP contribution in [0.2, 0.25) is 0 Å². The number of aryl methyl sites for hydroxylation is 1. The van der Waals surface area contributed by atoms with Crippen LogP contribution in [-0.2, 0) is 0 Å². The number of nitrogens with one attached hydrogen (secondary N) is 1. The Morgan fingerprint density at radius 1 is 1.00 bits per heavy atom. The molecule has 158 valence electrons. The van der Waals surface area contributed by atoms with Crippen molar-refractivity contribution in [3.63, 3.8) is 0 Å². The fourth-order valence-electron chi connectivity index (χ4n) is 3.04. The lowest BCUT2D eigenvalue weighted by molar-refractivity contribution is 0.101. The molecule has 5 rings (SSSR count). The zero-order valence-electron chi connectivity index (χ0n) is 16.9. The number of furan rings is 1. The van der Waals surface area contributed by atoms with Gasteiger partial charge >= 0.3 is 0 Å². The minimum Gasteiger partial charge on any atom is -0.461 e. The number of amides is 1. The zero-order valence-corrected chi connectivity index (χ0v) is 16.9. The van der Waals surface area contributed by atoms with Gasteiger partial charge in [0.15, 0.2) is 11.5 Å². The van der Waals surface area contributed by atoms with Gasteiger partial charge in [-0.3, -0.25) is 4.79 Å². The van der Waals surface area contributed by atoms with Crippen LogP contribution in [-0.4, -0.2) is 25.6 Å². The number of rotatable bonds is 6. The SMILES string of the molecule is Cc1nc(Oc2ccc(NC(=O)c3cc(-c4ccco4)on3)cc2)cc(-n2cccc2)n1.